The molecule has 0 saturated heterocycles. The van der Waals surface area contributed by atoms with Crippen LogP contribution in [0.4, 0.5) is 0 Å². The zero-order chi connectivity index (χ0) is 15.6. The van der Waals surface area contributed by atoms with Gasteiger partial charge in [0.15, 0.2) is 0 Å². The molecule has 0 heterocycles. The first-order chi connectivity index (χ1) is 9.85. The molecule has 0 aliphatic heterocycles. The van der Waals surface area contributed by atoms with Gasteiger partial charge in [0, 0.05) is 12.6 Å². The molecule has 1 aromatic carbocycles. The van der Waals surface area contributed by atoms with Crippen molar-refractivity contribution in [3.63, 3.8) is 0 Å². The van der Waals surface area contributed by atoms with E-state index in [-0.39, 0.29) is 6.04 Å². The molecule has 3 N–H and O–H groups in total. The maximum atomic E-state index is 12.6. The van der Waals surface area contributed by atoms with Gasteiger partial charge in [0.05, 0.1) is 4.90 Å². The van der Waals surface area contributed by atoms with Crippen molar-refractivity contribution in [3.8, 4) is 0 Å². The Balaban J connectivity index is 2.19. The van der Waals surface area contributed by atoms with Gasteiger partial charge in [-0.3, -0.25) is 0 Å². The maximum absolute atomic E-state index is 12.6. The quantitative estimate of drug-likeness (QED) is 0.897. The Hall–Kier alpha value is -0.910. The van der Waals surface area contributed by atoms with Crippen LogP contribution in [-0.2, 0) is 16.6 Å². The molecule has 2 rings (SSSR count). The minimum absolute atomic E-state index is 0.0436. The maximum Gasteiger partial charge on any atom is 0.241 e. The van der Waals surface area contributed by atoms with Crippen molar-refractivity contribution in [1.29, 1.82) is 0 Å². The molecule has 21 heavy (non-hydrogen) atoms. The molecule has 1 fully saturated rings. The van der Waals surface area contributed by atoms with Crippen LogP contribution in [0.25, 0.3) is 0 Å². The van der Waals surface area contributed by atoms with Gasteiger partial charge in [-0.05, 0) is 55.2 Å². The Labute approximate surface area is 128 Å². The molecule has 4 nitrogen and oxygen atoms in total. The Morgan fingerprint density at radius 3 is 2.57 bits per heavy atom. The first kappa shape index (κ1) is 16.5. The summed E-state index contributed by atoms with van der Waals surface area (Å²) < 4.78 is 28.1. The second kappa shape index (κ2) is 6.46. The molecule has 5 heteroatoms. The topological polar surface area (TPSA) is 72.2 Å². The predicted molar refractivity (Wildman–Crippen MR) is 85.4 cm³/mol. The van der Waals surface area contributed by atoms with E-state index in [0.29, 0.717) is 23.3 Å². The van der Waals surface area contributed by atoms with Crippen LogP contribution in [0.5, 0.6) is 0 Å². The summed E-state index contributed by atoms with van der Waals surface area (Å²) in [6.45, 7) is 6.62. The summed E-state index contributed by atoms with van der Waals surface area (Å²) in [4.78, 5) is 0.358. The Morgan fingerprint density at radius 2 is 1.95 bits per heavy atom. The van der Waals surface area contributed by atoms with E-state index in [1.165, 1.54) is 0 Å². The summed E-state index contributed by atoms with van der Waals surface area (Å²) >= 11 is 0. The molecule has 0 aromatic heterocycles. The monoisotopic (exact) mass is 310 g/mol. The lowest BCUT2D eigenvalue weighted by atomic mass is 9.79. The van der Waals surface area contributed by atoms with Gasteiger partial charge in [-0.15, -0.1) is 0 Å². The average Bonchev–Trinajstić information content (AvgIpc) is 2.42. The zero-order valence-corrected chi connectivity index (χ0v) is 13.9. The summed E-state index contributed by atoms with van der Waals surface area (Å²) in [7, 11) is -3.47. The summed E-state index contributed by atoms with van der Waals surface area (Å²) in [6, 6.07) is 5.34. The number of hydrogen-bond acceptors (Lipinski definition) is 3. The second-order valence-electron chi connectivity index (χ2n) is 6.33. The van der Waals surface area contributed by atoms with Gasteiger partial charge in [0.1, 0.15) is 0 Å². The van der Waals surface area contributed by atoms with Crippen LogP contribution >= 0.6 is 0 Å². The third kappa shape index (κ3) is 3.65. The third-order valence-electron chi connectivity index (χ3n) is 4.83. The molecule has 0 amide bonds. The van der Waals surface area contributed by atoms with Gasteiger partial charge < -0.3 is 5.73 Å². The molecular formula is C16H26N2O2S. The van der Waals surface area contributed by atoms with E-state index in [0.717, 1.165) is 30.4 Å². The standard InChI is InChI=1S/C16H26N2O2S/c1-11-7-8-15(9-12(11)2)18-21(19,20)16-6-4-5-14(10-17)13(16)3/h4-6,11-12,15,18H,7-10,17H2,1-3H3. The molecule has 3 unspecified atom stereocenters. The van der Waals surface area contributed by atoms with Crippen molar-refractivity contribution >= 4 is 10.0 Å². The van der Waals surface area contributed by atoms with Crippen LogP contribution in [0.3, 0.4) is 0 Å². The van der Waals surface area contributed by atoms with Crippen molar-refractivity contribution in [1.82, 2.24) is 4.72 Å². The van der Waals surface area contributed by atoms with Crippen LogP contribution < -0.4 is 10.5 Å². The van der Waals surface area contributed by atoms with E-state index < -0.39 is 10.0 Å². The van der Waals surface area contributed by atoms with Gasteiger partial charge in [0.25, 0.3) is 0 Å². The largest absolute Gasteiger partial charge is 0.326 e. The normalized spacial score (nSPS) is 26.8. The Kier molecular flexibility index (Phi) is 5.07. The highest BCUT2D eigenvalue weighted by Crippen LogP contribution is 2.30. The number of sulfonamides is 1. The molecule has 1 saturated carbocycles. The van der Waals surface area contributed by atoms with Gasteiger partial charge in [0.2, 0.25) is 10.0 Å². The van der Waals surface area contributed by atoms with Gasteiger partial charge in [-0.2, -0.15) is 0 Å². The third-order valence-corrected chi connectivity index (χ3v) is 6.49. The van der Waals surface area contributed by atoms with E-state index >= 15 is 0 Å². The fourth-order valence-corrected chi connectivity index (χ4v) is 4.68. The molecule has 118 valence electrons. The summed E-state index contributed by atoms with van der Waals surface area (Å²) in [6.07, 6.45) is 2.91. The summed E-state index contributed by atoms with van der Waals surface area (Å²) in [5, 5.41) is 0. The van der Waals surface area contributed by atoms with Crippen LogP contribution in [-0.4, -0.2) is 14.5 Å². The van der Waals surface area contributed by atoms with Gasteiger partial charge in [-0.25, -0.2) is 13.1 Å². The van der Waals surface area contributed by atoms with Crippen molar-refractivity contribution < 1.29 is 8.42 Å². The van der Waals surface area contributed by atoms with Crippen LogP contribution in [0.1, 0.15) is 44.2 Å². The summed E-state index contributed by atoms with van der Waals surface area (Å²) in [5.74, 6) is 1.23. The van der Waals surface area contributed by atoms with Crippen molar-refractivity contribution in [2.75, 3.05) is 0 Å². The first-order valence-corrected chi connectivity index (χ1v) is 9.14. The zero-order valence-electron chi connectivity index (χ0n) is 13.1. The Morgan fingerprint density at radius 1 is 1.24 bits per heavy atom. The van der Waals surface area contributed by atoms with Crippen LogP contribution in [0.15, 0.2) is 23.1 Å². The minimum atomic E-state index is -3.47. The molecule has 3 atom stereocenters. The van der Waals surface area contributed by atoms with E-state index in [1.54, 1.807) is 12.1 Å². The molecular weight excluding hydrogens is 284 g/mol. The highest BCUT2D eigenvalue weighted by molar-refractivity contribution is 7.89. The van der Waals surface area contributed by atoms with Crippen molar-refractivity contribution in [2.24, 2.45) is 17.6 Å². The van der Waals surface area contributed by atoms with E-state index in [1.807, 2.05) is 13.0 Å². The SMILES string of the molecule is Cc1c(CN)cccc1S(=O)(=O)NC1CCC(C)C(C)C1. The number of benzene rings is 1. The molecule has 1 aromatic rings. The Bertz CT molecular complexity index is 598. The highest BCUT2D eigenvalue weighted by atomic mass is 32.2. The fraction of sp³-hybridized carbons (Fsp3) is 0.625. The molecule has 0 radical (unpaired) electrons. The van der Waals surface area contributed by atoms with Gasteiger partial charge >= 0.3 is 0 Å². The number of nitrogens with two attached hydrogens (primary N) is 1. The number of hydrogen-bond donors (Lipinski definition) is 2. The van der Waals surface area contributed by atoms with E-state index in [9.17, 15) is 8.42 Å². The predicted octanol–water partition coefficient (Wildman–Crippen LogP) is 2.56. The number of rotatable bonds is 4. The van der Waals surface area contributed by atoms with Crippen LogP contribution in [0, 0.1) is 18.8 Å². The lowest BCUT2D eigenvalue weighted by Crippen LogP contribution is -2.40. The fourth-order valence-electron chi connectivity index (χ4n) is 3.11. The van der Waals surface area contributed by atoms with Crippen LogP contribution in [0.2, 0.25) is 0 Å². The molecule has 0 spiro atoms. The van der Waals surface area contributed by atoms with Crippen molar-refractivity contribution in [3.05, 3.63) is 29.3 Å². The molecule has 0 bridgehead atoms. The average molecular weight is 310 g/mol. The van der Waals surface area contributed by atoms with E-state index in [2.05, 4.69) is 18.6 Å². The first-order valence-electron chi connectivity index (χ1n) is 7.66. The van der Waals surface area contributed by atoms with Gasteiger partial charge in [-0.1, -0.05) is 26.0 Å². The van der Waals surface area contributed by atoms with Crippen molar-refractivity contribution in [2.45, 2.75) is 57.5 Å². The molecule has 1 aliphatic carbocycles. The lowest BCUT2D eigenvalue weighted by Gasteiger charge is -2.32. The molecule has 1 aliphatic rings. The lowest BCUT2D eigenvalue weighted by molar-refractivity contribution is 0.242. The smallest absolute Gasteiger partial charge is 0.241 e. The summed E-state index contributed by atoms with van der Waals surface area (Å²) in [5.41, 5.74) is 7.30. The van der Waals surface area contributed by atoms with E-state index in [4.69, 9.17) is 5.73 Å². The number of nitrogens with one attached hydrogen (secondary N) is 1. The minimum Gasteiger partial charge on any atom is -0.326 e. The highest BCUT2D eigenvalue weighted by Gasteiger charge is 2.28. The second-order valence-corrected chi connectivity index (χ2v) is 8.01.